The fourth-order valence-electron chi connectivity index (χ4n) is 5.28. The third-order valence-corrected chi connectivity index (χ3v) is 13.5. The van der Waals surface area contributed by atoms with Crippen molar-refractivity contribution in [3.8, 4) is 0 Å². The highest BCUT2D eigenvalue weighted by Gasteiger charge is 2.41. The second-order valence-corrected chi connectivity index (χ2v) is 18.1. The van der Waals surface area contributed by atoms with Crippen LogP contribution in [-0.2, 0) is 28.2 Å². The summed E-state index contributed by atoms with van der Waals surface area (Å²) in [6, 6.07) is 0. The van der Waals surface area contributed by atoms with Gasteiger partial charge in [0.2, 0.25) is 0 Å². The van der Waals surface area contributed by atoms with E-state index in [2.05, 4.69) is 59.9 Å². The summed E-state index contributed by atoms with van der Waals surface area (Å²) in [5, 5.41) is 9.50. The van der Waals surface area contributed by atoms with Gasteiger partial charge in [-0.2, -0.15) is 0 Å². The van der Waals surface area contributed by atoms with E-state index >= 15 is 0 Å². The number of carbonyl (C=O) groups is 2. The van der Waals surface area contributed by atoms with Gasteiger partial charge in [-0.25, -0.2) is 4.79 Å². The van der Waals surface area contributed by atoms with E-state index in [9.17, 15) is 14.7 Å². The van der Waals surface area contributed by atoms with Crippen LogP contribution in [0.2, 0.25) is 18.1 Å². The van der Waals surface area contributed by atoms with Crippen LogP contribution in [0.3, 0.4) is 0 Å². The van der Waals surface area contributed by atoms with Gasteiger partial charge in [-0.15, -0.1) is 0 Å². The summed E-state index contributed by atoms with van der Waals surface area (Å²) in [4.78, 5) is 25.5. The number of hydrogen-bond donors (Lipinski definition) is 1. The molecule has 2 heterocycles. The van der Waals surface area contributed by atoms with Crippen molar-refractivity contribution >= 4 is 20.3 Å². The lowest BCUT2D eigenvalue weighted by Crippen LogP contribution is -2.46. The molecule has 0 unspecified atom stereocenters. The monoisotopic (exact) mass is 590 g/mol. The fraction of sp³-hybridized carbons (Fsp3) is 0.697. The van der Waals surface area contributed by atoms with Crippen LogP contribution >= 0.6 is 0 Å². The van der Waals surface area contributed by atoms with E-state index in [4.69, 9.17) is 18.6 Å². The van der Waals surface area contributed by atoms with Crippen LogP contribution < -0.4 is 0 Å². The number of allylic oxidation sites excluding steroid dienone is 3. The van der Waals surface area contributed by atoms with Gasteiger partial charge in [0, 0.05) is 37.9 Å². The van der Waals surface area contributed by atoms with E-state index in [1.807, 2.05) is 26.0 Å². The molecule has 2 rings (SSSR count). The molecule has 0 amide bonds. The molecule has 2 bridgehead atoms. The quantitative estimate of drug-likeness (QED) is 0.201. The maximum absolute atomic E-state index is 13.2. The third kappa shape index (κ3) is 10.3. The van der Waals surface area contributed by atoms with Crippen LogP contribution in [0.1, 0.15) is 74.1 Å². The molecule has 0 spiro atoms. The lowest BCUT2D eigenvalue weighted by Gasteiger charge is -2.41. The van der Waals surface area contributed by atoms with Crippen molar-refractivity contribution in [2.24, 2.45) is 17.8 Å². The van der Waals surface area contributed by atoms with Gasteiger partial charge in [0.05, 0.1) is 18.8 Å². The Morgan fingerprint density at radius 2 is 1.90 bits per heavy atom. The standard InChI is InChI=1S/C33H54O7Si/c1-22-13-11-14-23(2)28(40-41(9,10)33(5,6)7)21-29(25(4)32(37-8)24(3)17-18-34)39-30(35)16-12-15-26-19-27(22)38-31(36)20-26/h11-14,16-17,22,25-29,32,34H,15,18-21H2,1-10H3/b13-11+,16-12+,23-14+,24-17+/t22-,25+,26-,27-,28+,29+,32+/m1/s1. The molecule has 0 aromatic carbocycles. The van der Waals surface area contributed by atoms with Crippen LogP contribution in [0.25, 0.3) is 0 Å². The first-order valence-electron chi connectivity index (χ1n) is 15.0. The molecule has 0 aromatic heterocycles. The Morgan fingerprint density at radius 1 is 1.22 bits per heavy atom. The van der Waals surface area contributed by atoms with Crippen molar-refractivity contribution < 1.29 is 33.3 Å². The molecule has 232 valence electrons. The van der Waals surface area contributed by atoms with Crippen LogP contribution in [-0.4, -0.2) is 63.5 Å². The Balaban J connectivity index is 2.56. The van der Waals surface area contributed by atoms with Gasteiger partial charge in [0.25, 0.3) is 0 Å². The normalized spacial score (nSPS) is 31.7. The summed E-state index contributed by atoms with van der Waals surface area (Å²) in [6.07, 6.45) is 12.1. The summed E-state index contributed by atoms with van der Waals surface area (Å²) in [7, 11) is -0.564. The average Bonchev–Trinajstić information content (AvgIpc) is 2.86. The van der Waals surface area contributed by atoms with Crippen LogP contribution in [0, 0.1) is 17.8 Å². The van der Waals surface area contributed by atoms with E-state index in [-0.39, 0.29) is 53.7 Å². The fourth-order valence-corrected chi connectivity index (χ4v) is 6.63. The number of carbonyl (C=O) groups excluding carboxylic acids is 2. The van der Waals surface area contributed by atoms with Crippen LogP contribution in [0.5, 0.6) is 0 Å². The summed E-state index contributed by atoms with van der Waals surface area (Å²) in [5.74, 6) is -0.647. The highest BCUT2D eigenvalue weighted by Crippen LogP contribution is 2.39. The molecule has 2 aliphatic heterocycles. The van der Waals surface area contributed by atoms with E-state index in [1.165, 1.54) is 6.08 Å². The van der Waals surface area contributed by atoms with Gasteiger partial charge in [0.1, 0.15) is 12.2 Å². The molecule has 1 fully saturated rings. The van der Waals surface area contributed by atoms with Crippen LogP contribution in [0.15, 0.2) is 47.6 Å². The van der Waals surface area contributed by atoms with Crippen molar-refractivity contribution in [3.63, 3.8) is 0 Å². The SMILES string of the molecule is CO[C@@H](/C(C)=C/CO)[C@@H](C)[C@@H]1C[C@H](O[Si](C)(C)C(C)(C)C)/C(C)=C/C=C/[C@@H](C)[C@H]2C[C@@H](C/C=C/C(=O)O1)CC(=O)O2. The number of cyclic esters (lactones) is 1. The van der Waals surface area contributed by atoms with E-state index in [1.54, 1.807) is 13.2 Å². The lowest BCUT2D eigenvalue weighted by atomic mass is 9.86. The number of fused-ring (bicyclic) bond motifs is 2. The Kier molecular flexibility index (Phi) is 13.3. The zero-order valence-electron chi connectivity index (χ0n) is 26.9. The summed E-state index contributed by atoms with van der Waals surface area (Å²) in [6.45, 7) is 19.1. The molecule has 0 aromatic rings. The van der Waals surface area contributed by atoms with Gasteiger partial charge < -0.3 is 23.7 Å². The van der Waals surface area contributed by atoms with Crippen LogP contribution in [0.4, 0.5) is 0 Å². The molecule has 0 aliphatic carbocycles. The molecular weight excluding hydrogens is 536 g/mol. The first-order valence-corrected chi connectivity index (χ1v) is 17.9. The smallest absolute Gasteiger partial charge is 0.330 e. The number of ether oxygens (including phenoxy) is 3. The van der Waals surface area contributed by atoms with Crippen molar-refractivity contribution in [1.82, 2.24) is 0 Å². The number of esters is 2. The summed E-state index contributed by atoms with van der Waals surface area (Å²) >= 11 is 0. The Morgan fingerprint density at radius 3 is 2.51 bits per heavy atom. The second kappa shape index (κ2) is 15.5. The topological polar surface area (TPSA) is 91.3 Å². The second-order valence-electron chi connectivity index (χ2n) is 13.4. The molecule has 0 radical (unpaired) electrons. The van der Waals surface area contributed by atoms with Crippen molar-refractivity contribution in [3.05, 3.63) is 47.6 Å². The molecule has 0 saturated carbocycles. The molecule has 7 nitrogen and oxygen atoms in total. The van der Waals surface area contributed by atoms with Gasteiger partial charge >= 0.3 is 11.9 Å². The molecule has 8 heteroatoms. The third-order valence-electron chi connectivity index (χ3n) is 9.03. The number of aliphatic hydroxyl groups is 1. The Hall–Kier alpha value is -2.00. The van der Waals surface area contributed by atoms with Crippen molar-refractivity contribution in [2.45, 2.75) is 117 Å². The maximum Gasteiger partial charge on any atom is 0.330 e. The van der Waals surface area contributed by atoms with E-state index in [0.29, 0.717) is 19.3 Å². The van der Waals surface area contributed by atoms with E-state index < -0.39 is 20.4 Å². The maximum atomic E-state index is 13.2. The first-order chi connectivity index (χ1) is 19.1. The molecule has 41 heavy (non-hydrogen) atoms. The first kappa shape index (κ1) is 35.2. The number of aliphatic hydroxyl groups excluding tert-OH is 1. The predicted octanol–water partition coefficient (Wildman–Crippen LogP) is 6.69. The Labute approximate surface area is 249 Å². The van der Waals surface area contributed by atoms with Crippen molar-refractivity contribution in [2.75, 3.05) is 13.7 Å². The van der Waals surface area contributed by atoms with Crippen molar-refractivity contribution in [1.29, 1.82) is 0 Å². The zero-order chi connectivity index (χ0) is 31.0. The zero-order valence-corrected chi connectivity index (χ0v) is 27.9. The molecule has 1 saturated heterocycles. The summed E-state index contributed by atoms with van der Waals surface area (Å²) in [5.41, 5.74) is 1.91. The number of hydrogen-bond acceptors (Lipinski definition) is 7. The largest absolute Gasteiger partial charge is 0.462 e. The highest BCUT2D eigenvalue weighted by molar-refractivity contribution is 6.74. The minimum absolute atomic E-state index is 0.00959. The minimum atomic E-state index is -2.20. The summed E-state index contributed by atoms with van der Waals surface area (Å²) < 4.78 is 24.6. The van der Waals surface area contributed by atoms with E-state index in [0.717, 1.165) is 17.6 Å². The Bertz CT molecular complexity index is 1000. The predicted molar refractivity (Wildman–Crippen MR) is 166 cm³/mol. The van der Waals surface area contributed by atoms with Gasteiger partial charge in [-0.1, -0.05) is 65.0 Å². The molecule has 1 N–H and O–H groups in total. The van der Waals surface area contributed by atoms with Gasteiger partial charge in [0.15, 0.2) is 8.32 Å². The molecule has 2 aliphatic rings. The molecular formula is C33H54O7Si. The molecule has 7 atom stereocenters. The van der Waals surface area contributed by atoms with Gasteiger partial charge in [-0.3, -0.25) is 4.79 Å². The average molecular weight is 591 g/mol. The number of rotatable bonds is 7. The van der Waals surface area contributed by atoms with Gasteiger partial charge in [-0.05, 0) is 61.9 Å². The highest BCUT2D eigenvalue weighted by atomic mass is 28.4. The minimum Gasteiger partial charge on any atom is -0.462 e. The number of methoxy groups -OCH3 is 1. The lowest BCUT2D eigenvalue weighted by molar-refractivity contribution is -0.158.